The van der Waals surface area contributed by atoms with Gasteiger partial charge in [0.25, 0.3) is 5.56 Å². The molecule has 1 aliphatic carbocycles. The number of fused-ring (bicyclic) bond motifs is 3. The van der Waals surface area contributed by atoms with E-state index in [0.717, 1.165) is 42.0 Å². The molecule has 3 aromatic rings. The molecule has 4 rings (SSSR count). The fraction of sp³-hybridized carbons (Fsp3) is 0.368. The van der Waals surface area contributed by atoms with Crippen molar-refractivity contribution in [3.05, 3.63) is 62.0 Å². The number of nitrogens with one attached hydrogen (secondary N) is 2. The van der Waals surface area contributed by atoms with Crippen molar-refractivity contribution in [1.82, 2.24) is 15.3 Å². The van der Waals surface area contributed by atoms with Crippen LogP contribution in [0.25, 0.3) is 10.2 Å². The molecule has 0 aliphatic heterocycles. The summed E-state index contributed by atoms with van der Waals surface area (Å²) in [5.74, 6) is -1.18. The van der Waals surface area contributed by atoms with Gasteiger partial charge in [-0.25, -0.2) is 13.8 Å². The monoisotopic (exact) mass is 375 g/mol. The average molecular weight is 375 g/mol. The Morgan fingerprint density at radius 2 is 2.08 bits per heavy atom. The van der Waals surface area contributed by atoms with E-state index in [9.17, 15) is 13.6 Å². The van der Waals surface area contributed by atoms with Crippen LogP contribution in [0.3, 0.4) is 0 Å². The molecule has 0 saturated heterocycles. The van der Waals surface area contributed by atoms with Crippen LogP contribution in [0.15, 0.2) is 23.0 Å². The van der Waals surface area contributed by atoms with Crippen LogP contribution >= 0.6 is 11.3 Å². The van der Waals surface area contributed by atoms with Gasteiger partial charge in [0.15, 0.2) is 11.6 Å². The summed E-state index contributed by atoms with van der Waals surface area (Å²) in [6, 6.07) is 3.64. The standard InChI is InChI=1S/C19H19F2N3OS/c1-10(11-6-7-13(20)14(21)8-11)22-9-16-23-18(25)17-12-4-2-3-5-15(12)26-19(17)24-16/h6-8,10,22H,2-5,9H2,1H3,(H,23,24,25)/t10-/m0/s1. The van der Waals surface area contributed by atoms with Crippen molar-refractivity contribution in [3.8, 4) is 0 Å². The molecule has 1 aromatic carbocycles. The SMILES string of the molecule is C[C@H](NCc1nc2sc3c(c2c(=O)[nH]1)CCCC3)c1ccc(F)c(F)c1. The third-order valence-electron chi connectivity index (χ3n) is 4.89. The quantitative estimate of drug-likeness (QED) is 0.725. The van der Waals surface area contributed by atoms with Crippen LogP contribution in [-0.4, -0.2) is 9.97 Å². The number of aromatic amines is 1. The number of hydrogen-bond acceptors (Lipinski definition) is 4. The summed E-state index contributed by atoms with van der Waals surface area (Å²) in [5, 5.41) is 3.94. The third kappa shape index (κ3) is 3.17. The molecule has 0 unspecified atom stereocenters. The molecular formula is C19H19F2N3OS. The lowest BCUT2D eigenvalue weighted by molar-refractivity contribution is 0.499. The molecule has 2 aromatic heterocycles. The molecule has 136 valence electrons. The zero-order chi connectivity index (χ0) is 18.3. The lowest BCUT2D eigenvalue weighted by atomic mass is 9.97. The smallest absolute Gasteiger partial charge is 0.259 e. The van der Waals surface area contributed by atoms with E-state index in [1.54, 1.807) is 17.4 Å². The van der Waals surface area contributed by atoms with E-state index in [-0.39, 0.29) is 11.6 Å². The first-order valence-electron chi connectivity index (χ1n) is 8.74. The van der Waals surface area contributed by atoms with Crippen LogP contribution in [0.1, 0.15) is 47.6 Å². The predicted molar refractivity (Wildman–Crippen MR) is 98.5 cm³/mol. The number of aromatic nitrogens is 2. The Bertz CT molecular complexity index is 1030. The number of nitrogens with zero attached hydrogens (tertiary/aromatic N) is 1. The zero-order valence-corrected chi connectivity index (χ0v) is 15.2. The summed E-state index contributed by atoms with van der Waals surface area (Å²) in [7, 11) is 0. The first-order valence-corrected chi connectivity index (χ1v) is 9.56. The van der Waals surface area contributed by atoms with Gasteiger partial charge in [0.1, 0.15) is 10.7 Å². The van der Waals surface area contributed by atoms with E-state index in [0.29, 0.717) is 17.9 Å². The second kappa shape index (κ2) is 6.89. The van der Waals surface area contributed by atoms with E-state index in [4.69, 9.17) is 0 Å². The van der Waals surface area contributed by atoms with Gasteiger partial charge in [0, 0.05) is 10.9 Å². The minimum Gasteiger partial charge on any atom is -0.309 e. The van der Waals surface area contributed by atoms with Gasteiger partial charge in [0.05, 0.1) is 11.9 Å². The molecule has 0 fully saturated rings. The van der Waals surface area contributed by atoms with Crippen LogP contribution in [0.4, 0.5) is 8.78 Å². The van der Waals surface area contributed by atoms with Gasteiger partial charge in [-0.2, -0.15) is 0 Å². The maximum Gasteiger partial charge on any atom is 0.259 e. The molecule has 0 amide bonds. The zero-order valence-electron chi connectivity index (χ0n) is 14.4. The largest absolute Gasteiger partial charge is 0.309 e. The third-order valence-corrected chi connectivity index (χ3v) is 6.08. The molecule has 2 heterocycles. The average Bonchev–Trinajstić information content (AvgIpc) is 3.00. The van der Waals surface area contributed by atoms with E-state index in [1.807, 2.05) is 6.92 Å². The van der Waals surface area contributed by atoms with Crippen LogP contribution < -0.4 is 10.9 Å². The molecule has 0 bridgehead atoms. The van der Waals surface area contributed by atoms with E-state index >= 15 is 0 Å². The molecule has 26 heavy (non-hydrogen) atoms. The van der Waals surface area contributed by atoms with E-state index in [2.05, 4.69) is 15.3 Å². The Balaban J connectivity index is 1.55. The first-order chi connectivity index (χ1) is 12.5. The number of benzene rings is 1. The molecule has 1 atom stereocenters. The Morgan fingerprint density at radius 3 is 2.88 bits per heavy atom. The lowest BCUT2D eigenvalue weighted by Crippen LogP contribution is -2.22. The van der Waals surface area contributed by atoms with Crippen molar-refractivity contribution in [1.29, 1.82) is 0 Å². The maximum absolute atomic E-state index is 13.4. The number of hydrogen-bond donors (Lipinski definition) is 2. The second-order valence-electron chi connectivity index (χ2n) is 6.68. The van der Waals surface area contributed by atoms with Crippen molar-refractivity contribution in [2.24, 2.45) is 0 Å². The van der Waals surface area contributed by atoms with Crippen LogP contribution in [0.5, 0.6) is 0 Å². The highest BCUT2D eigenvalue weighted by Crippen LogP contribution is 2.33. The Hall–Kier alpha value is -2.12. The van der Waals surface area contributed by atoms with Crippen molar-refractivity contribution < 1.29 is 8.78 Å². The summed E-state index contributed by atoms with van der Waals surface area (Å²) in [6.45, 7) is 2.20. The number of aryl methyl sites for hydroxylation is 2. The summed E-state index contributed by atoms with van der Waals surface area (Å²) in [6.07, 6.45) is 4.26. The van der Waals surface area contributed by atoms with Gasteiger partial charge in [-0.05, 0) is 55.9 Å². The van der Waals surface area contributed by atoms with Crippen molar-refractivity contribution >= 4 is 21.6 Å². The fourth-order valence-electron chi connectivity index (χ4n) is 3.44. The van der Waals surface area contributed by atoms with Crippen molar-refractivity contribution in [3.63, 3.8) is 0 Å². The van der Waals surface area contributed by atoms with E-state index < -0.39 is 11.6 Å². The minimum atomic E-state index is -0.867. The van der Waals surface area contributed by atoms with Gasteiger partial charge in [-0.3, -0.25) is 4.79 Å². The van der Waals surface area contributed by atoms with Gasteiger partial charge in [0.2, 0.25) is 0 Å². The molecule has 0 saturated carbocycles. The van der Waals surface area contributed by atoms with Crippen LogP contribution in [0, 0.1) is 11.6 Å². The molecule has 0 radical (unpaired) electrons. The Kier molecular flexibility index (Phi) is 4.58. The highest BCUT2D eigenvalue weighted by molar-refractivity contribution is 7.18. The van der Waals surface area contributed by atoms with Gasteiger partial charge in [-0.1, -0.05) is 6.07 Å². The molecule has 7 heteroatoms. The first kappa shape index (κ1) is 17.3. The summed E-state index contributed by atoms with van der Waals surface area (Å²) < 4.78 is 26.4. The topological polar surface area (TPSA) is 57.8 Å². The number of halogens is 2. The highest BCUT2D eigenvalue weighted by atomic mass is 32.1. The molecule has 2 N–H and O–H groups in total. The number of thiophene rings is 1. The fourth-order valence-corrected chi connectivity index (χ4v) is 4.72. The normalized spacial score (nSPS) is 15.2. The summed E-state index contributed by atoms with van der Waals surface area (Å²) in [4.78, 5) is 22.1. The van der Waals surface area contributed by atoms with E-state index in [1.165, 1.54) is 16.5 Å². The van der Waals surface area contributed by atoms with Crippen LogP contribution in [-0.2, 0) is 19.4 Å². The number of H-pyrrole nitrogens is 1. The van der Waals surface area contributed by atoms with Gasteiger partial charge < -0.3 is 10.3 Å². The molecule has 0 spiro atoms. The predicted octanol–water partition coefficient (Wildman–Crippen LogP) is 3.99. The lowest BCUT2D eigenvalue weighted by Gasteiger charge is -2.14. The molecular weight excluding hydrogens is 356 g/mol. The van der Waals surface area contributed by atoms with Crippen molar-refractivity contribution in [2.45, 2.75) is 45.2 Å². The molecule has 4 nitrogen and oxygen atoms in total. The Morgan fingerprint density at radius 1 is 1.27 bits per heavy atom. The Labute approximate surface area is 153 Å². The maximum atomic E-state index is 13.4. The molecule has 1 aliphatic rings. The number of rotatable bonds is 4. The van der Waals surface area contributed by atoms with Crippen LogP contribution in [0.2, 0.25) is 0 Å². The van der Waals surface area contributed by atoms with Gasteiger partial charge in [-0.15, -0.1) is 11.3 Å². The summed E-state index contributed by atoms with van der Waals surface area (Å²) >= 11 is 1.61. The van der Waals surface area contributed by atoms with Crippen molar-refractivity contribution in [2.75, 3.05) is 0 Å². The second-order valence-corrected chi connectivity index (χ2v) is 7.76. The minimum absolute atomic E-state index is 0.0910. The highest BCUT2D eigenvalue weighted by Gasteiger charge is 2.20. The van der Waals surface area contributed by atoms with Gasteiger partial charge >= 0.3 is 0 Å². The summed E-state index contributed by atoms with van der Waals surface area (Å²) in [5.41, 5.74) is 1.71.